The van der Waals surface area contributed by atoms with Crippen molar-refractivity contribution >= 4 is 34.9 Å². The minimum Gasteiger partial charge on any atom is -0.478 e. The molecule has 0 bridgehead atoms. The molecular weight excluding hydrogens is 376 g/mol. The highest BCUT2D eigenvalue weighted by atomic mass is 35.5. The lowest BCUT2D eigenvalue weighted by atomic mass is 9.72. The van der Waals surface area contributed by atoms with Gasteiger partial charge in [-0.3, -0.25) is 4.79 Å². The molecule has 1 unspecified atom stereocenters. The monoisotopic (exact) mass is 400 g/mol. The Kier molecular flexibility index (Phi) is 5.39. The Bertz CT molecular complexity index is 937. The average Bonchev–Trinajstić information content (AvgIpc) is 2.61. The van der Waals surface area contributed by atoms with Gasteiger partial charge in [0.2, 0.25) is 5.91 Å². The minimum absolute atomic E-state index is 0.0114. The third-order valence-electron chi connectivity index (χ3n) is 5.19. The Morgan fingerprint density at radius 2 is 1.93 bits per heavy atom. The van der Waals surface area contributed by atoms with Gasteiger partial charge in [-0.15, -0.1) is 0 Å². The van der Waals surface area contributed by atoms with Crippen LogP contribution in [0.4, 0.5) is 11.4 Å². The third kappa shape index (κ3) is 3.99. The van der Waals surface area contributed by atoms with Crippen molar-refractivity contribution in [2.45, 2.75) is 40.2 Å². The number of rotatable bonds is 4. The second-order valence-corrected chi connectivity index (χ2v) is 8.71. The molecule has 0 aliphatic carbocycles. The van der Waals surface area contributed by atoms with Gasteiger partial charge in [0.1, 0.15) is 0 Å². The summed E-state index contributed by atoms with van der Waals surface area (Å²) in [6.07, 6.45) is 0.734. The van der Waals surface area contributed by atoms with Crippen LogP contribution in [-0.2, 0) is 11.2 Å². The lowest BCUT2D eigenvalue weighted by Gasteiger charge is -2.41. The van der Waals surface area contributed by atoms with Crippen LogP contribution >= 0.6 is 11.6 Å². The number of hydrogen-bond donors (Lipinski definition) is 3. The smallest absolute Gasteiger partial charge is 0.335 e. The molecule has 1 aliphatic heterocycles. The lowest BCUT2D eigenvalue weighted by Crippen LogP contribution is -2.35. The maximum atomic E-state index is 12.1. The van der Waals surface area contributed by atoms with Crippen molar-refractivity contribution in [1.29, 1.82) is 0 Å². The van der Waals surface area contributed by atoms with Crippen molar-refractivity contribution in [1.82, 2.24) is 0 Å². The molecule has 0 radical (unpaired) electrons. The van der Waals surface area contributed by atoms with Crippen molar-refractivity contribution in [3.05, 3.63) is 58.1 Å². The molecule has 1 aliphatic rings. The summed E-state index contributed by atoms with van der Waals surface area (Å²) in [5.41, 5.74) is 3.65. The summed E-state index contributed by atoms with van der Waals surface area (Å²) < 4.78 is 0. The van der Waals surface area contributed by atoms with Crippen LogP contribution in [0.25, 0.3) is 0 Å². The molecule has 1 heterocycles. The van der Waals surface area contributed by atoms with Gasteiger partial charge >= 0.3 is 5.97 Å². The molecule has 0 saturated heterocycles. The normalized spacial score (nSPS) is 17.6. The third-order valence-corrected chi connectivity index (χ3v) is 5.52. The van der Waals surface area contributed by atoms with Gasteiger partial charge in [0, 0.05) is 11.6 Å². The zero-order valence-electron chi connectivity index (χ0n) is 16.5. The van der Waals surface area contributed by atoms with E-state index in [9.17, 15) is 14.7 Å². The molecule has 1 amide bonds. The van der Waals surface area contributed by atoms with Crippen molar-refractivity contribution in [3.63, 3.8) is 0 Å². The van der Waals surface area contributed by atoms with Crippen molar-refractivity contribution in [2.75, 3.05) is 10.6 Å². The second kappa shape index (κ2) is 7.47. The first-order valence-electron chi connectivity index (χ1n) is 9.31. The Balaban J connectivity index is 1.95. The Labute approximate surface area is 170 Å². The van der Waals surface area contributed by atoms with E-state index in [2.05, 4.69) is 24.5 Å². The molecule has 28 heavy (non-hydrogen) atoms. The fourth-order valence-corrected chi connectivity index (χ4v) is 3.75. The first kappa shape index (κ1) is 20.2. The number of benzene rings is 2. The Morgan fingerprint density at radius 3 is 2.57 bits per heavy atom. The van der Waals surface area contributed by atoms with Gasteiger partial charge in [-0.2, -0.15) is 0 Å². The minimum atomic E-state index is -0.925. The topological polar surface area (TPSA) is 78.4 Å². The maximum Gasteiger partial charge on any atom is 0.335 e. The molecule has 3 rings (SSSR count). The average molecular weight is 401 g/mol. The molecule has 2 aromatic rings. The van der Waals surface area contributed by atoms with E-state index in [-0.39, 0.29) is 23.3 Å². The van der Waals surface area contributed by atoms with E-state index in [4.69, 9.17) is 11.6 Å². The van der Waals surface area contributed by atoms with E-state index in [1.807, 2.05) is 32.0 Å². The molecule has 1 atom stereocenters. The van der Waals surface area contributed by atoms with E-state index in [0.717, 1.165) is 23.2 Å². The number of nitrogens with one attached hydrogen (secondary N) is 2. The molecule has 0 saturated carbocycles. The molecular formula is C22H25ClN2O3. The van der Waals surface area contributed by atoms with E-state index < -0.39 is 5.97 Å². The number of carbonyl (C=O) groups is 2. The van der Waals surface area contributed by atoms with Crippen LogP contribution in [-0.4, -0.2) is 17.0 Å². The Morgan fingerprint density at radius 1 is 1.21 bits per heavy atom. The van der Waals surface area contributed by atoms with Gasteiger partial charge in [0.25, 0.3) is 0 Å². The highest BCUT2D eigenvalue weighted by molar-refractivity contribution is 6.33. The molecule has 6 heteroatoms. The number of carbonyl (C=O) groups excluding carboxylic acids is 1. The van der Waals surface area contributed by atoms with Gasteiger partial charge in [-0.05, 0) is 53.3 Å². The Hall–Kier alpha value is -2.53. The largest absolute Gasteiger partial charge is 0.478 e. The predicted molar refractivity (Wildman–Crippen MR) is 112 cm³/mol. The van der Waals surface area contributed by atoms with Crippen molar-refractivity contribution in [3.8, 4) is 0 Å². The summed E-state index contributed by atoms with van der Waals surface area (Å²) in [7, 11) is 0. The van der Waals surface area contributed by atoms with Gasteiger partial charge < -0.3 is 15.7 Å². The van der Waals surface area contributed by atoms with Crippen LogP contribution < -0.4 is 10.6 Å². The highest BCUT2D eigenvalue weighted by Gasteiger charge is 2.36. The number of carboxylic acid groups (broad SMARTS) is 1. The maximum absolute atomic E-state index is 12.1. The van der Waals surface area contributed by atoms with Crippen LogP contribution in [0.2, 0.25) is 5.02 Å². The van der Waals surface area contributed by atoms with Crippen molar-refractivity contribution < 1.29 is 14.7 Å². The van der Waals surface area contributed by atoms with Crippen LogP contribution in [0.3, 0.4) is 0 Å². The van der Waals surface area contributed by atoms with Crippen LogP contribution in [0.5, 0.6) is 0 Å². The van der Waals surface area contributed by atoms with Crippen LogP contribution in [0.1, 0.15) is 55.2 Å². The van der Waals surface area contributed by atoms with E-state index in [1.54, 1.807) is 18.2 Å². The molecule has 0 aromatic heterocycles. The van der Waals surface area contributed by atoms with E-state index in [1.165, 1.54) is 0 Å². The highest BCUT2D eigenvalue weighted by Crippen LogP contribution is 2.45. The standard InChI is InChI=1S/C22H25ClN2O3/c1-12(2)20(26)25-18-10-13(5-7-16(18)23)19-22(3,4)11-15-9-14(21(27)28)6-8-17(15)24-19/h5-10,12,19,24H,11H2,1-4H3,(H,25,26)(H,27,28). The summed E-state index contributed by atoms with van der Waals surface area (Å²) in [6, 6.07) is 10.8. The molecule has 2 aromatic carbocycles. The number of carboxylic acids is 1. The SMILES string of the molecule is CC(C)C(=O)Nc1cc(C2Nc3ccc(C(=O)O)cc3CC2(C)C)ccc1Cl. The molecule has 3 N–H and O–H groups in total. The summed E-state index contributed by atoms with van der Waals surface area (Å²) in [5, 5.41) is 16.2. The number of anilines is 2. The van der Waals surface area contributed by atoms with E-state index >= 15 is 0 Å². The van der Waals surface area contributed by atoms with Crippen LogP contribution in [0, 0.1) is 11.3 Å². The first-order valence-corrected chi connectivity index (χ1v) is 9.69. The number of fused-ring (bicyclic) bond motifs is 1. The van der Waals surface area contributed by atoms with Gasteiger partial charge in [-0.25, -0.2) is 4.79 Å². The molecule has 148 valence electrons. The fraction of sp³-hybridized carbons (Fsp3) is 0.364. The van der Waals surface area contributed by atoms with Gasteiger partial charge in [0.05, 0.1) is 22.3 Å². The number of aromatic carboxylic acids is 1. The van der Waals surface area contributed by atoms with Gasteiger partial charge in [0.15, 0.2) is 0 Å². The summed E-state index contributed by atoms with van der Waals surface area (Å²) in [5.74, 6) is -1.15. The van der Waals surface area contributed by atoms with Crippen LogP contribution in [0.15, 0.2) is 36.4 Å². The zero-order chi connectivity index (χ0) is 20.6. The summed E-state index contributed by atoms with van der Waals surface area (Å²) in [6.45, 7) is 7.95. The number of halogens is 1. The van der Waals surface area contributed by atoms with Gasteiger partial charge in [-0.1, -0.05) is 45.4 Å². The van der Waals surface area contributed by atoms with E-state index in [0.29, 0.717) is 16.3 Å². The first-order chi connectivity index (χ1) is 13.1. The predicted octanol–water partition coefficient (Wildman–Crippen LogP) is 5.37. The molecule has 5 nitrogen and oxygen atoms in total. The second-order valence-electron chi connectivity index (χ2n) is 8.30. The summed E-state index contributed by atoms with van der Waals surface area (Å²) in [4.78, 5) is 23.4. The summed E-state index contributed by atoms with van der Waals surface area (Å²) >= 11 is 6.29. The fourth-order valence-electron chi connectivity index (χ4n) is 3.59. The quantitative estimate of drug-likeness (QED) is 0.644. The zero-order valence-corrected chi connectivity index (χ0v) is 17.2. The molecule has 0 fully saturated rings. The number of hydrogen-bond acceptors (Lipinski definition) is 3. The lowest BCUT2D eigenvalue weighted by molar-refractivity contribution is -0.118. The van der Waals surface area contributed by atoms with Crippen molar-refractivity contribution in [2.24, 2.45) is 11.3 Å². The molecule has 0 spiro atoms. The number of amides is 1.